The summed E-state index contributed by atoms with van der Waals surface area (Å²) in [5.41, 5.74) is 2.30. The number of rotatable bonds is 4. The maximum absolute atomic E-state index is 11.9. The fraction of sp³-hybridized carbons (Fsp3) is 0.533. The van der Waals surface area contributed by atoms with Crippen molar-refractivity contribution in [2.24, 2.45) is 0 Å². The molecule has 1 heterocycles. The van der Waals surface area contributed by atoms with Crippen LogP contribution in [0.2, 0.25) is 0 Å². The number of ether oxygens (including phenoxy) is 1. The molecule has 4 heteroatoms. The van der Waals surface area contributed by atoms with E-state index in [1.807, 2.05) is 32.0 Å². The topological polar surface area (TPSA) is 49.8 Å². The summed E-state index contributed by atoms with van der Waals surface area (Å²) in [5, 5.41) is 9.39. The molecule has 1 aromatic rings. The van der Waals surface area contributed by atoms with E-state index in [4.69, 9.17) is 4.74 Å². The highest BCUT2D eigenvalue weighted by Gasteiger charge is 2.24. The second-order valence-electron chi connectivity index (χ2n) is 5.08. The number of likely N-dealkylation sites (tertiary alicyclic amines) is 1. The van der Waals surface area contributed by atoms with E-state index < -0.39 is 0 Å². The van der Waals surface area contributed by atoms with Crippen LogP contribution in [0.3, 0.4) is 0 Å². The van der Waals surface area contributed by atoms with Crippen LogP contribution < -0.4 is 4.74 Å². The summed E-state index contributed by atoms with van der Waals surface area (Å²) in [7, 11) is 0. The highest BCUT2D eigenvalue weighted by Crippen LogP contribution is 2.20. The zero-order valence-electron chi connectivity index (χ0n) is 11.6. The third-order valence-electron chi connectivity index (χ3n) is 3.64. The maximum atomic E-state index is 11.9. The van der Waals surface area contributed by atoms with Crippen LogP contribution in [-0.4, -0.2) is 41.7 Å². The maximum Gasteiger partial charge on any atom is 0.226 e. The Balaban J connectivity index is 1.80. The Morgan fingerprint density at radius 2 is 2.26 bits per heavy atom. The van der Waals surface area contributed by atoms with Crippen molar-refractivity contribution in [3.8, 4) is 5.75 Å². The zero-order chi connectivity index (χ0) is 13.8. The molecule has 1 aromatic carbocycles. The molecule has 1 aliphatic rings. The van der Waals surface area contributed by atoms with E-state index in [1.54, 1.807) is 4.90 Å². The van der Waals surface area contributed by atoms with Crippen molar-refractivity contribution in [1.29, 1.82) is 0 Å². The number of β-amino-alcohol motifs (C(OH)–C–C–N with tert-alkyl or cyclic N) is 1. The lowest BCUT2D eigenvalue weighted by Gasteiger charge is -2.16. The van der Waals surface area contributed by atoms with Gasteiger partial charge in [-0.3, -0.25) is 4.79 Å². The van der Waals surface area contributed by atoms with Crippen LogP contribution in [0.1, 0.15) is 24.0 Å². The first-order valence-electron chi connectivity index (χ1n) is 6.73. The van der Waals surface area contributed by atoms with Crippen molar-refractivity contribution in [3.63, 3.8) is 0 Å². The SMILES string of the molecule is Cc1cccc(OCCC(=O)N2CCC(O)C2)c1C. The molecule has 104 valence electrons. The van der Waals surface area contributed by atoms with Gasteiger partial charge in [0.25, 0.3) is 0 Å². The number of hydrogen-bond donors (Lipinski definition) is 1. The van der Waals surface area contributed by atoms with Crippen LogP contribution in [-0.2, 0) is 4.79 Å². The van der Waals surface area contributed by atoms with E-state index in [1.165, 1.54) is 5.56 Å². The predicted octanol–water partition coefficient (Wildman–Crippen LogP) is 1.67. The van der Waals surface area contributed by atoms with E-state index in [-0.39, 0.29) is 12.0 Å². The standard InChI is InChI=1S/C15H21NO3/c1-11-4-3-5-14(12(11)2)19-9-7-15(18)16-8-6-13(17)10-16/h3-5,13,17H,6-10H2,1-2H3. The number of hydrogen-bond acceptors (Lipinski definition) is 3. The minimum absolute atomic E-state index is 0.0573. The minimum atomic E-state index is -0.358. The van der Waals surface area contributed by atoms with E-state index in [0.717, 1.165) is 11.3 Å². The third-order valence-corrected chi connectivity index (χ3v) is 3.64. The molecular weight excluding hydrogens is 242 g/mol. The van der Waals surface area contributed by atoms with Crippen LogP contribution in [0.4, 0.5) is 0 Å². The van der Waals surface area contributed by atoms with Gasteiger partial charge in [0.1, 0.15) is 5.75 Å². The quantitative estimate of drug-likeness (QED) is 0.899. The molecule has 1 fully saturated rings. The average molecular weight is 263 g/mol. The fourth-order valence-corrected chi connectivity index (χ4v) is 2.26. The molecule has 2 rings (SSSR count). The first-order chi connectivity index (χ1) is 9.08. The molecule has 19 heavy (non-hydrogen) atoms. The first kappa shape index (κ1) is 13.9. The van der Waals surface area contributed by atoms with Crippen molar-refractivity contribution in [1.82, 2.24) is 4.90 Å². The van der Waals surface area contributed by atoms with Crippen LogP contribution in [0.25, 0.3) is 0 Å². The normalized spacial score (nSPS) is 18.7. The number of aryl methyl sites for hydroxylation is 1. The minimum Gasteiger partial charge on any atom is -0.493 e. The average Bonchev–Trinajstić information content (AvgIpc) is 2.81. The van der Waals surface area contributed by atoms with Gasteiger partial charge in [-0.1, -0.05) is 12.1 Å². The third kappa shape index (κ3) is 3.47. The fourth-order valence-electron chi connectivity index (χ4n) is 2.26. The Morgan fingerprint density at radius 1 is 1.47 bits per heavy atom. The number of aliphatic hydroxyl groups excluding tert-OH is 1. The number of nitrogens with zero attached hydrogens (tertiary/aromatic N) is 1. The summed E-state index contributed by atoms with van der Waals surface area (Å²) in [5.74, 6) is 0.899. The van der Waals surface area contributed by atoms with E-state index in [2.05, 4.69) is 0 Å². The van der Waals surface area contributed by atoms with Crippen LogP contribution >= 0.6 is 0 Å². The monoisotopic (exact) mass is 263 g/mol. The highest BCUT2D eigenvalue weighted by atomic mass is 16.5. The zero-order valence-corrected chi connectivity index (χ0v) is 11.6. The van der Waals surface area contributed by atoms with Gasteiger partial charge in [-0.05, 0) is 37.5 Å². The van der Waals surface area contributed by atoms with E-state index >= 15 is 0 Å². The molecule has 1 amide bonds. The van der Waals surface area contributed by atoms with Crippen molar-refractivity contribution in [3.05, 3.63) is 29.3 Å². The Labute approximate surface area is 114 Å². The lowest BCUT2D eigenvalue weighted by Crippen LogP contribution is -2.30. The van der Waals surface area contributed by atoms with Gasteiger partial charge in [-0.15, -0.1) is 0 Å². The molecule has 0 saturated carbocycles. The number of amides is 1. The molecular formula is C15H21NO3. The lowest BCUT2D eigenvalue weighted by atomic mass is 10.1. The summed E-state index contributed by atoms with van der Waals surface area (Å²) < 4.78 is 5.66. The smallest absolute Gasteiger partial charge is 0.226 e. The van der Waals surface area contributed by atoms with Gasteiger partial charge in [-0.25, -0.2) is 0 Å². The molecule has 0 radical (unpaired) electrons. The molecule has 0 bridgehead atoms. The number of carbonyl (C=O) groups excluding carboxylic acids is 1. The molecule has 0 aliphatic carbocycles. The molecule has 4 nitrogen and oxygen atoms in total. The van der Waals surface area contributed by atoms with Crippen molar-refractivity contribution in [2.75, 3.05) is 19.7 Å². The largest absolute Gasteiger partial charge is 0.493 e. The van der Waals surface area contributed by atoms with E-state index in [0.29, 0.717) is 32.5 Å². The molecule has 1 atom stereocenters. The summed E-state index contributed by atoms with van der Waals surface area (Å²) in [6.07, 6.45) is 0.688. The van der Waals surface area contributed by atoms with Gasteiger partial charge in [0.05, 0.1) is 19.1 Å². The van der Waals surface area contributed by atoms with Crippen molar-refractivity contribution < 1.29 is 14.6 Å². The molecule has 1 aliphatic heterocycles. The van der Waals surface area contributed by atoms with Crippen LogP contribution in [0.5, 0.6) is 5.75 Å². The number of benzene rings is 1. The molecule has 0 aromatic heterocycles. The van der Waals surface area contributed by atoms with Crippen LogP contribution in [0.15, 0.2) is 18.2 Å². The van der Waals surface area contributed by atoms with E-state index in [9.17, 15) is 9.90 Å². The van der Waals surface area contributed by atoms with Gasteiger partial charge in [0, 0.05) is 13.1 Å². The van der Waals surface area contributed by atoms with Crippen molar-refractivity contribution in [2.45, 2.75) is 32.8 Å². The number of carbonyl (C=O) groups is 1. The summed E-state index contributed by atoms with van der Waals surface area (Å²) in [4.78, 5) is 13.6. The number of aliphatic hydroxyl groups is 1. The van der Waals surface area contributed by atoms with Gasteiger partial charge in [0.15, 0.2) is 0 Å². The second-order valence-corrected chi connectivity index (χ2v) is 5.08. The Kier molecular flexibility index (Phi) is 4.43. The first-order valence-corrected chi connectivity index (χ1v) is 6.73. The molecule has 1 saturated heterocycles. The summed E-state index contributed by atoms with van der Waals surface area (Å²) >= 11 is 0. The summed E-state index contributed by atoms with van der Waals surface area (Å²) in [6, 6.07) is 5.92. The molecule has 1 unspecified atom stereocenters. The Hall–Kier alpha value is -1.55. The van der Waals surface area contributed by atoms with Gasteiger partial charge >= 0.3 is 0 Å². The Bertz CT molecular complexity index is 459. The second kappa shape index (κ2) is 6.06. The highest BCUT2D eigenvalue weighted by molar-refractivity contribution is 5.76. The van der Waals surface area contributed by atoms with Gasteiger partial charge in [0.2, 0.25) is 5.91 Å². The lowest BCUT2D eigenvalue weighted by molar-refractivity contribution is -0.131. The van der Waals surface area contributed by atoms with Crippen LogP contribution in [0, 0.1) is 13.8 Å². The summed E-state index contributed by atoms with van der Waals surface area (Å²) in [6.45, 7) is 5.56. The van der Waals surface area contributed by atoms with Gasteiger partial charge < -0.3 is 14.7 Å². The molecule has 0 spiro atoms. The van der Waals surface area contributed by atoms with Gasteiger partial charge in [-0.2, -0.15) is 0 Å². The Morgan fingerprint density at radius 3 is 2.95 bits per heavy atom. The molecule has 1 N–H and O–H groups in total. The predicted molar refractivity (Wildman–Crippen MR) is 73.2 cm³/mol. The van der Waals surface area contributed by atoms with Crippen molar-refractivity contribution >= 4 is 5.91 Å².